The Kier molecular flexibility index (Phi) is 5.01. The summed E-state index contributed by atoms with van der Waals surface area (Å²) in [5.74, 6) is 0.508. The van der Waals surface area contributed by atoms with Crippen LogP contribution in [0.2, 0.25) is 0 Å². The van der Waals surface area contributed by atoms with Crippen molar-refractivity contribution in [3.63, 3.8) is 0 Å². The Labute approximate surface area is 120 Å². The number of benzene rings is 1. The maximum absolute atomic E-state index is 12.1. The van der Waals surface area contributed by atoms with Crippen molar-refractivity contribution in [1.82, 2.24) is 5.32 Å². The van der Waals surface area contributed by atoms with E-state index in [1.54, 1.807) is 0 Å². The Morgan fingerprint density at radius 3 is 2.90 bits per heavy atom. The van der Waals surface area contributed by atoms with Crippen molar-refractivity contribution in [1.29, 1.82) is 0 Å². The third-order valence-electron chi connectivity index (χ3n) is 3.79. The van der Waals surface area contributed by atoms with Crippen molar-refractivity contribution < 1.29 is 14.6 Å². The number of hydrogen-bond acceptors (Lipinski definition) is 3. The quantitative estimate of drug-likeness (QED) is 0.867. The fraction of sp³-hybridized carbons (Fsp3) is 0.562. The molecule has 2 rings (SSSR count). The molecule has 1 fully saturated rings. The first-order valence-electron chi connectivity index (χ1n) is 7.30. The molecule has 1 aromatic carbocycles. The molecule has 1 aromatic rings. The summed E-state index contributed by atoms with van der Waals surface area (Å²) in [6.07, 6.45) is 1.94. The van der Waals surface area contributed by atoms with E-state index in [0.29, 0.717) is 13.2 Å². The van der Waals surface area contributed by atoms with E-state index in [2.05, 4.69) is 5.32 Å². The van der Waals surface area contributed by atoms with Gasteiger partial charge in [0.15, 0.2) is 0 Å². The van der Waals surface area contributed by atoms with Gasteiger partial charge in [0.05, 0.1) is 18.6 Å². The smallest absolute Gasteiger partial charge is 0.225 e. The Balaban J connectivity index is 1.98. The average Bonchev–Trinajstić information content (AvgIpc) is 2.84. The number of carbonyl (C=O) groups is 1. The Bertz CT molecular complexity index is 473. The molecule has 1 amide bonds. The van der Waals surface area contributed by atoms with Crippen LogP contribution in [0.3, 0.4) is 0 Å². The van der Waals surface area contributed by atoms with Gasteiger partial charge in [-0.25, -0.2) is 0 Å². The zero-order valence-electron chi connectivity index (χ0n) is 12.2. The molecule has 110 valence electrons. The summed E-state index contributed by atoms with van der Waals surface area (Å²) < 4.78 is 5.60. The molecule has 2 atom stereocenters. The molecule has 1 aliphatic carbocycles. The first-order chi connectivity index (χ1) is 9.61. The van der Waals surface area contributed by atoms with E-state index in [-0.39, 0.29) is 11.8 Å². The van der Waals surface area contributed by atoms with Gasteiger partial charge in [-0.05, 0) is 44.7 Å². The minimum Gasteiger partial charge on any atom is -0.494 e. The molecule has 1 saturated carbocycles. The van der Waals surface area contributed by atoms with Gasteiger partial charge in [0.2, 0.25) is 5.91 Å². The molecule has 1 aliphatic rings. The van der Waals surface area contributed by atoms with Crippen molar-refractivity contribution in [3.05, 3.63) is 29.3 Å². The van der Waals surface area contributed by atoms with Gasteiger partial charge in [-0.15, -0.1) is 0 Å². The van der Waals surface area contributed by atoms with Crippen LogP contribution in [0, 0.1) is 12.8 Å². The van der Waals surface area contributed by atoms with Crippen LogP contribution in [0.4, 0.5) is 0 Å². The fourth-order valence-electron chi connectivity index (χ4n) is 2.66. The summed E-state index contributed by atoms with van der Waals surface area (Å²) in [5, 5.41) is 12.7. The first kappa shape index (κ1) is 14.9. The predicted octanol–water partition coefficient (Wildman–Crippen LogP) is 2.17. The Hall–Kier alpha value is -1.55. The van der Waals surface area contributed by atoms with E-state index in [9.17, 15) is 9.90 Å². The fourth-order valence-corrected chi connectivity index (χ4v) is 2.66. The van der Waals surface area contributed by atoms with Crippen molar-refractivity contribution in [2.45, 2.75) is 45.8 Å². The van der Waals surface area contributed by atoms with Crippen molar-refractivity contribution in [3.8, 4) is 5.75 Å². The van der Waals surface area contributed by atoms with Gasteiger partial charge in [0.1, 0.15) is 5.75 Å². The highest BCUT2D eigenvalue weighted by Gasteiger charge is 2.31. The number of nitrogens with one attached hydrogen (secondary N) is 1. The van der Waals surface area contributed by atoms with Crippen LogP contribution in [0.5, 0.6) is 5.75 Å². The predicted molar refractivity (Wildman–Crippen MR) is 77.5 cm³/mol. The van der Waals surface area contributed by atoms with Crippen LogP contribution in [0.15, 0.2) is 18.2 Å². The molecule has 0 aliphatic heterocycles. The lowest BCUT2D eigenvalue weighted by Gasteiger charge is -2.16. The number of hydrogen-bond donors (Lipinski definition) is 2. The number of ether oxygens (including phenoxy) is 1. The number of rotatable bonds is 5. The van der Waals surface area contributed by atoms with E-state index >= 15 is 0 Å². The SMILES string of the molecule is CCOc1cc(C)ccc1CNC(=O)C1CCCC1O. The van der Waals surface area contributed by atoms with Gasteiger partial charge < -0.3 is 15.2 Å². The first-order valence-corrected chi connectivity index (χ1v) is 7.30. The summed E-state index contributed by atoms with van der Waals surface area (Å²) in [4.78, 5) is 12.1. The molecular formula is C16H23NO3. The molecule has 0 saturated heterocycles. The number of aliphatic hydroxyl groups is 1. The molecule has 0 aromatic heterocycles. The number of aliphatic hydroxyl groups excluding tert-OH is 1. The molecule has 4 heteroatoms. The Morgan fingerprint density at radius 2 is 2.25 bits per heavy atom. The molecule has 2 unspecified atom stereocenters. The van der Waals surface area contributed by atoms with E-state index in [1.807, 2.05) is 32.0 Å². The maximum Gasteiger partial charge on any atom is 0.225 e. The zero-order valence-corrected chi connectivity index (χ0v) is 12.2. The monoisotopic (exact) mass is 277 g/mol. The van der Waals surface area contributed by atoms with Crippen LogP contribution in [-0.4, -0.2) is 23.7 Å². The second kappa shape index (κ2) is 6.75. The van der Waals surface area contributed by atoms with Crippen LogP contribution >= 0.6 is 0 Å². The molecule has 0 spiro atoms. The van der Waals surface area contributed by atoms with E-state index in [4.69, 9.17) is 4.74 Å². The molecule has 0 bridgehead atoms. The summed E-state index contributed by atoms with van der Waals surface area (Å²) >= 11 is 0. The maximum atomic E-state index is 12.1. The van der Waals surface area contributed by atoms with Gasteiger partial charge >= 0.3 is 0 Å². The number of aryl methyl sites for hydroxylation is 1. The Morgan fingerprint density at radius 1 is 1.45 bits per heavy atom. The van der Waals surface area contributed by atoms with Gasteiger partial charge in [0, 0.05) is 12.1 Å². The highest BCUT2D eigenvalue weighted by atomic mass is 16.5. The van der Waals surface area contributed by atoms with Crippen molar-refractivity contribution in [2.24, 2.45) is 5.92 Å². The average molecular weight is 277 g/mol. The minimum atomic E-state index is -0.487. The van der Waals surface area contributed by atoms with E-state index in [1.165, 1.54) is 0 Å². The number of amides is 1. The van der Waals surface area contributed by atoms with E-state index in [0.717, 1.165) is 36.1 Å². The lowest BCUT2D eigenvalue weighted by atomic mass is 10.0. The van der Waals surface area contributed by atoms with Crippen LogP contribution in [-0.2, 0) is 11.3 Å². The standard InChI is InChI=1S/C16H23NO3/c1-3-20-15-9-11(2)7-8-12(15)10-17-16(19)13-5-4-6-14(13)18/h7-9,13-14,18H,3-6,10H2,1-2H3,(H,17,19). The molecule has 0 radical (unpaired) electrons. The van der Waals surface area contributed by atoms with Crippen LogP contribution in [0.1, 0.15) is 37.3 Å². The lowest BCUT2D eigenvalue weighted by Crippen LogP contribution is -2.34. The summed E-state index contributed by atoms with van der Waals surface area (Å²) in [5.41, 5.74) is 2.10. The van der Waals surface area contributed by atoms with Gasteiger partial charge in [-0.3, -0.25) is 4.79 Å². The minimum absolute atomic E-state index is 0.0574. The van der Waals surface area contributed by atoms with E-state index < -0.39 is 6.10 Å². The summed E-state index contributed by atoms with van der Waals surface area (Å²) in [6.45, 7) is 5.00. The summed E-state index contributed by atoms with van der Waals surface area (Å²) in [7, 11) is 0. The van der Waals surface area contributed by atoms with Gasteiger partial charge in [0.25, 0.3) is 0 Å². The van der Waals surface area contributed by atoms with Gasteiger partial charge in [-0.1, -0.05) is 12.1 Å². The van der Waals surface area contributed by atoms with Crippen molar-refractivity contribution in [2.75, 3.05) is 6.61 Å². The highest BCUT2D eigenvalue weighted by molar-refractivity contribution is 5.79. The summed E-state index contributed by atoms with van der Waals surface area (Å²) in [6, 6.07) is 5.97. The molecule has 20 heavy (non-hydrogen) atoms. The second-order valence-electron chi connectivity index (χ2n) is 5.37. The third kappa shape index (κ3) is 3.51. The molecule has 0 heterocycles. The third-order valence-corrected chi connectivity index (χ3v) is 3.79. The topological polar surface area (TPSA) is 58.6 Å². The van der Waals surface area contributed by atoms with Crippen LogP contribution < -0.4 is 10.1 Å². The van der Waals surface area contributed by atoms with Crippen molar-refractivity contribution >= 4 is 5.91 Å². The normalized spacial score (nSPS) is 21.8. The molecular weight excluding hydrogens is 254 g/mol. The lowest BCUT2D eigenvalue weighted by molar-refractivity contribution is -0.127. The molecule has 2 N–H and O–H groups in total. The zero-order chi connectivity index (χ0) is 14.5. The van der Waals surface area contributed by atoms with Gasteiger partial charge in [-0.2, -0.15) is 0 Å². The number of carbonyl (C=O) groups excluding carboxylic acids is 1. The highest BCUT2D eigenvalue weighted by Crippen LogP contribution is 2.26. The molecule has 4 nitrogen and oxygen atoms in total. The van der Waals surface area contributed by atoms with Crippen LogP contribution in [0.25, 0.3) is 0 Å². The second-order valence-corrected chi connectivity index (χ2v) is 5.37. The largest absolute Gasteiger partial charge is 0.494 e.